The quantitative estimate of drug-likeness (QED) is 0.757. The van der Waals surface area contributed by atoms with Gasteiger partial charge in [0.2, 0.25) is 0 Å². The summed E-state index contributed by atoms with van der Waals surface area (Å²) in [6.45, 7) is 0. The molecule has 0 aromatic carbocycles. The zero-order valence-electron chi connectivity index (χ0n) is 11.1. The van der Waals surface area contributed by atoms with Crippen LogP contribution in [0.15, 0.2) is 22.9 Å². The lowest BCUT2D eigenvalue weighted by Gasteiger charge is -2.03. The van der Waals surface area contributed by atoms with Crippen molar-refractivity contribution in [3.8, 4) is 28.2 Å². The number of aromatic nitrogens is 3. The molecule has 0 radical (unpaired) electrons. The third kappa shape index (κ3) is 3.01. The van der Waals surface area contributed by atoms with Crippen molar-refractivity contribution < 1.29 is 13.2 Å². The smallest absolute Gasteiger partial charge is 0.384 e. The number of nitrogens with zero attached hydrogens (tertiary/aromatic N) is 4. The maximum atomic E-state index is 12.6. The molecule has 10 heteroatoms. The molecule has 0 saturated carbocycles. The highest BCUT2D eigenvalue weighted by Crippen LogP contribution is 2.34. The van der Waals surface area contributed by atoms with Gasteiger partial charge in [-0.2, -0.15) is 18.4 Å². The Morgan fingerprint density at radius 1 is 1.17 bits per heavy atom. The fourth-order valence-electron chi connectivity index (χ4n) is 1.80. The van der Waals surface area contributed by atoms with Gasteiger partial charge < -0.3 is 5.73 Å². The lowest BCUT2D eigenvalue weighted by molar-refractivity contribution is -0.140. The highest BCUT2D eigenvalue weighted by molar-refractivity contribution is 7.13. The van der Waals surface area contributed by atoms with Crippen LogP contribution in [0.25, 0.3) is 22.1 Å². The summed E-state index contributed by atoms with van der Waals surface area (Å²) in [5.74, 6) is 0.0828. The van der Waals surface area contributed by atoms with Gasteiger partial charge in [0.05, 0.1) is 5.69 Å². The number of halogens is 3. The highest BCUT2D eigenvalue weighted by Gasteiger charge is 2.34. The van der Waals surface area contributed by atoms with Crippen molar-refractivity contribution in [2.75, 3.05) is 5.73 Å². The van der Waals surface area contributed by atoms with Gasteiger partial charge in [-0.25, -0.2) is 15.0 Å². The van der Waals surface area contributed by atoms with Gasteiger partial charge in [-0.3, -0.25) is 0 Å². The Morgan fingerprint density at radius 2 is 1.96 bits per heavy atom. The van der Waals surface area contributed by atoms with Crippen LogP contribution in [0, 0.1) is 11.3 Å². The summed E-state index contributed by atoms with van der Waals surface area (Å²) in [5, 5.41) is 11.7. The van der Waals surface area contributed by atoms with Gasteiger partial charge >= 0.3 is 6.18 Å². The number of nitrogen functional groups attached to an aromatic ring is 1. The number of nitrogens with two attached hydrogens (primary N) is 1. The van der Waals surface area contributed by atoms with E-state index in [0.717, 1.165) is 16.7 Å². The van der Waals surface area contributed by atoms with Gasteiger partial charge in [-0.05, 0) is 11.4 Å². The fourth-order valence-corrected chi connectivity index (χ4v) is 3.25. The number of hydrogen-bond donors (Lipinski definition) is 1. The maximum Gasteiger partial charge on any atom is 0.434 e. The van der Waals surface area contributed by atoms with Gasteiger partial charge in [0.25, 0.3) is 0 Å². The number of nitriles is 1. The lowest BCUT2D eigenvalue weighted by Crippen LogP contribution is -2.05. The number of thiophene rings is 1. The molecule has 3 heterocycles. The van der Waals surface area contributed by atoms with Crippen LogP contribution in [0.1, 0.15) is 10.6 Å². The summed E-state index contributed by atoms with van der Waals surface area (Å²) in [7, 11) is 0. The average Bonchev–Trinajstić information content (AvgIpc) is 3.15. The van der Waals surface area contributed by atoms with Crippen molar-refractivity contribution >= 4 is 28.5 Å². The van der Waals surface area contributed by atoms with Gasteiger partial charge in [0.15, 0.2) is 16.5 Å². The molecule has 0 aliphatic heterocycles. The third-order valence-corrected chi connectivity index (χ3v) is 4.43. The van der Waals surface area contributed by atoms with Crippen molar-refractivity contribution in [1.82, 2.24) is 15.0 Å². The minimum Gasteiger partial charge on any atom is -0.384 e. The minimum atomic E-state index is -4.53. The predicted octanol–water partition coefficient (Wildman–Crippen LogP) is 3.80. The predicted molar refractivity (Wildman–Crippen MR) is 80.6 cm³/mol. The van der Waals surface area contributed by atoms with E-state index in [1.165, 1.54) is 17.4 Å². The van der Waals surface area contributed by atoms with Crippen molar-refractivity contribution in [3.05, 3.63) is 33.5 Å². The normalized spacial score (nSPS) is 11.4. The molecular formula is C13H6F3N5S2. The molecule has 116 valence electrons. The maximum absolute atomic E-state index is 12.6. The second kappa shape index (κ2) is 5.60. The van der Waals surface area contributed by atoms with E-state index in [0.29, 0.717) is 16.1 Å². The Bertz CT molecular complexity index is 907. The third-order valence-electron chi connectivity index (χ3n) is 2.77. The molecule has 0 fully saturated rings. The van der Waals surface area contributed by atoms with Crippen LogP contribution in [-0.4, -0.2) is 15.0 Å². The van der Waals surface area contributed by atoms with Crippen LogP contribution in [-0.2, 0) is 6.18 Å². The van der Waals surface area contributed by atoms with E-state index in [2.05, 4.69) is 15.0 Å². The minimum absolute atomic E-state index is 0.00408. The molecule has 0 amide bonds. The Balaban J connectivity index is 2.08. The Kier molecular flexibility index (Phi) is 3.75. The number of anilines is 1. The summed E-state index contributed by atoms with van der Waals surface area (Å²) in [4.78, 5) is 12.1. The van der Waals surface area contributed by atoms with Crippen LogP contribution in [0.4, 0.5) is 19.0 Å². The van der Waals surface area contributed by atoms with E-state index in [4.69, 9.17) is 11.0 Å². The first kappa shape index (κ1) is 15.4. The van der Waals surface area contributed by atoms with E-state index in [-0.39, 0.29) is 16.6 Å². The Morgan fingerprint density at radius 3 is 2.61 bits per heavy atom. The zero-order valence-corrected chi connectivity index (χ0v) is 12.8. The standard InChI is InChI=1S/C13H6F3N5S2/c14-13(15,16)9-5-23-12(20-9)11-19-7(3-10(18)21-11)6-1-2-22-8(6)4-17/h1-3,5H,(H2,18,19,21). The highest BCUT2D eigenvalue weighted by atomic mass is 32.1. The molecule has 0 saturated heterocycles. The van der Waals surface area contributed by atoms with Crippen LogP contribution >= 0.6 is 22.7 Å². The van der Waals surface area contributed by atoms with E-state index >= 15 is 0 Å². The van der Waals surface area contributed by atoms with E-state index in [9.17, 15) is 13.2 Å². The molecule has 0 unspecified atom stereocenters. The second-order valence-corrected chi connectivity index (χ2v) is 6.09. The number of alkyl halides is 3. The topological polar surface area (TPSA) is 88.5 Å². The molecule has 5 nitrogen and oxygen atoms in total. The molecule has 3 rings (SSSR count). The van der Waals surface area contributed by atoms with E-state index < -0.39 is 11.9 Å². The molecule has 3 aromatic heterocycles. The first-order chi connectivity index (χ1) is 10.9. The second-order valence-electron chi connectivity index (χ2n) is 4.31. The number of hydrogen-bond acceptors (Lipinski definition) is 7. The SMILES string of the molecule is N#Cc1sccc1-c1cc(N)nc(-c2nc(C(F)(F)F)cs2)n1. The zero-order chi connectivity index (χ0) is 16.6. The molecule has 23 heavy (non-hydrogen) atoms. The fraction of sp³-hybridized carbons (Fsp3) is 0.0769. The largest absolute Gasteiger partial charge is 0.434 e. The summed E-state index contributed by atoms with van der Waals surface area (Å²) < 4.78 is 37.9. The summed E-state index contributed by atoms with van der Waals surface area (Å²) in [5.41, 5.74) is 5.63. The van der Waals surface area contributed by atoms with Crippen molar-refractivity contribution in [2.24, 2.45) is 0 Å². The molecule has 3 aromatic rings. The van der Waals surface area contributed by atoms with Gasteiger partial charge in [-0.15, -0.1) is 22.7 Å². The molecule has 0 atom stereocenters. The van der Waals surface area contributed by atoms with Crippen molar-refractivity contribution in [3.63, 3.8) is 0 Å². The first-order valence-electron chi connectivity index (χ1n) is 6.04. The summed E-state index contributed by atoms with van der Waals surface area (Å²) in [6.07, 6.45) is -4.53. The van der Waals surface area contributed by atoms with Gasteiger partial charge in [-0.1, -0.05) is 0 Å². The van der Waals surface area contributed by atoms with E-state index in [1.807, 2.05) is 6.07 Å². The lowest BCUT2D eigenvalue weighted by atomic mass is 10.2. The van der Waals surface area contributed by atoms with Crippen molar-refractivity contribution in [1.29, 1.82) is 5.26 Å². The summed E-state index contributed by atoms with van der Waals surface area (Å²) in [6, 6.07) is 5.19. The van der Waals surface area contributed by atoms with Crippen LogP contribution in [0.5, 0.6) is 0 Å². The number of rotatable bonds is 2. The Hall–Kier alpha value is -2.51. The van der Waals surface area contributed by atoms with Gasteiger partial charge in [0, 0.05) is 17.0 Å². The van der Waals surface area contributed by atoms with Crippen molar-refractivity contribution in [2.45, 2.75) is 6.18 Å². The van der Waals surface area contributed by atoms with Gasteiger partial charge in [0.1, 0.15) is 16.8 Å². The average molecular weight is 353 g/mol. The molecule has 0 spiro atoms. The monoisotopic (exact) mass is 353 g/mol. The first-order valence-corrected chi connectivity index (χ1v) is 7.80. The summed E-state index contributed by atoms with van der Waals surface area (Å²) >= 11 is 2.02. The number of thiazole rings is 1. The molecule has 2 N–H and O–H groups in total. The molecule has 0 bridgehead atoms. The van der Waals surface area contributed by atoms with Crippen LogP contribution in [0.3, 0.4) is 0 Å². The van der Waals surface area contributed by atoms with E-state index in [1.54, 1.807) is 11.4 Å². The molecule has 0 aliphatic carbocycles. The molecular weight excluding hydrogens is 347 g/mol. The molecule has 0 aliphatic rings. The van der Waals surface area contributed by atoms with Crippen LogP contribution < -0.4 is 5.73 Å². The Labute approximate surface area is 135 Å². The van der Waals surface area contributed by atoms with Crippen LogP contribution in [0.2, 0.25) is 0 Å².